The average molecular weight is 484 g/mol. The molecule has 3 heterocycles. The van der Waals surface area contributed by atoms with Crippen LogP contribution in [0.3, 0.4) is 0 Å². The van der Waals surface area contributed by atoms with Gasteiger partial charge in [0.25, 0.3) is 10.0 Å². The van der Waals surface area contributed by atoms with Crippen molar-refractivity contribution >= 4 is 54.5 Å². The third-order valence-electron chi connectivity index (χ3n) is 5.59. The van der Waals surface area contributed by atoms with Gasteiger partial charge in [0, 0.05) is 17.5 Å². The van der Waals surface area contributed by atoms with Gasteiger partial charge in [0.2, 0.25) is 5.91 Å². The van der Waals surface area contributed by atoms with E-state index in [0.717, 1.165) is 34.9 Å². The highest BCUT2D eigenvalue weighted by Gasteiger charge is 2.38. The van der Waals surface area contributed by atoms with Gasteiger partial charge in [-0.1, -0.05) is 48.9 Å². The first kappa shape index (κ1) is 21.3. The van der Waals surface area contributed by atoms with E-state index >= 15 is 0 Å². The Kier molecular flexibility index (Phi) is 5.81. The monoisotopic (exact) mass is 483 g/mol. The van der Waals surface area contributed by atoms with E-state index in [4.69, 9.17) is 0 Å². The highest BCUT2D eigenvalue weighted by atomic mass is 32.2. The van der Waals surface area contributed by atoms with Crippen LogP contribution in [0.1, 0.15) is 19.3 Å². The third kappa shape index (κ3) is 4.09. The zero-order valence-corrected chi connectivity index (χ0v) is 19.6. The molecular weight excluding hydrogens is 462 g/mol. The van der Waals surface area contributed by atoms with Crippen LogP contribution in [-0.2, 0) is 14.8 Å². The highest BCUT2D eigenvalue weighted by molar-refractivity contribution is 7.91. The fraction of sp³-hybridized carbons (Fsp3) is 0.217. The Bertz CT molecular complexity index is 1360. The summed E-state index contributed by atoms with van der Waals surface area (Å²) in [6.07, 6.45) is 2.06. The molecule has 2 aromatic carbocycles. The van der Waals surface area contributed by atoms with Crippen LogP contribution >= 0.6 is 22.7 Å². The summed E-state index contributed by atoms with van der Waals surface area (Å²) < 4.78 is 27.7. The van der Waals surface area contributed by atoms with Crippen molar-refractivity contribution in [3.63, 3.8) is 0 Å². The largest absolute Gasteiger partial charge is 0.301 e. The molecule has 4 aromatic rings. The minimum Gasteiger partial charge on any atom is -0.301 e. The van der Waals surface area contributed by atoms with Gasteiger partial charge in [-0.2, -0.15) is 4.31 Å². The van der Waals surface area contributed by atoms with Crippen LogP contribution in [-0.4, -0.2) is 36.2 Å². The van der Waals surface area contributed by atoms with E-state index in [1.54, 1.807) is 17.5 Å². The number of amides is 1. The molecule has 0 bridgehead atoms. The number of fused-ring (bicyclic) bond motifs is 1. The standard InChI is InChI=1S/C23H21N3O3S3/c27-22(20-8-3-4-12-26(20)32(28,29)21-9-5-13-30-21)25-23-24-19(15-31-23)18-11-10-16-6-1-2-7-17(16)14-18/h1-2,5-7,9-11,13-15,20H,3-4,8,12H2,(H,24,25,27). The first-order chi connectivity index (χ1) is 15.5. The number of carbonyl (C=O) groups excluding carboxylic acids is 1. The molecule has 1 amide bonds. The summed E-state index contributed by atoms with van der Waals surface area (Å²) in [4.78, 5) is 17.6. The summed E-state index contributed by atoms with van der Waals surface area (Å²) in [6.45, 7) is 0.346. The summed E-state index contributed by atoms with van der Waals surface area (Å²) >= 11 is 2.51. The summed E-state index contributed by atoms with van der Waals surface area (Å²) in [5.41, 5.74) is 1.75. The second kappa shape index (κ2) is 8.74. The van der Waals surface area contributed by atoms with Crippen LogP contribution in [0.4, 0.5) is 5.13 Å². The molecule has 2 aromatic heterocycles. The topological polar surface area (TPSA) is 79.4 Å². The van der Waals surface area contributed by atoms with E-state index in [1.807, 2.05) is 23.6 Å². The first-order valence-electron chi connectivity index (χ1n) is 10.3. The van der Waals surface area contributed by atoms with Crippen LogP contribution in [0.25, 0.3) is 22.0 Å². The molecule has 1 aliphatic heterocycles. The van der Waals surface area contributed by atoms with E-state index in [2.05, 4.69) is 34.6 Å². The van der Waals surface area contributed by atoms with Crippen LogP contribution in [0.15, 0.2) is 69.6 Å². The molecule has 1 fully saturated rings. The van der Waals surface area contributed by atoms with Crippen LogP contribution < -0.4 is 5.32 Å². The molecular formula is C23H21N3O3S3. The number of piperidine rings is 1. The Morgan fingerprint density at radius 2 is 1.88 bits per heavy atom. The zero-order valence-electron chi connectivity index (χ0n) is 17.1. The van der Waals surface area contributed by atoms with Gasteiger partial charge in [-0.15, -0.1) is 22.7 Å². The van der Waals surface area contributed by atoms with Crippen molar-refractivity contribution in [2.45, 2.75) is 29.5 Å². The zero-order chi connectivity index (χ0) is 22.1. The fourth-order valence-corrected chi connectivity index (χ4v) is 7.48. The lowest BCUT2D eigenvalue weighted by molar-refractivity contribution is -0.120. The highest BCUT2D eigenvalue weighted by Crippen LogP contribution is 2.30. The lowest BCUT2D eigenvalue weighted by Gasteiger charge is -2.32. The second-order valence-corrected chi connectivity index (χ2v) is 11.6. The van der Waals surface area contributed by atoms with E-state index in [1.165, 1.54) is 27.0 Å². The lowest BCUT2D eigenvalue weighted by Crippen LogP contribution is -2.49. The molecule has 164 valence electrons. The molecule has 1 aliphatic rings. The molecule has 1 unspecified atom stereocenters. The third-order valence-corrected chi connectivity index (χ3v) is 9.63. The van der Waals surface area contributed by atoms with Gasteiger partial charge in [0.15, 0.2) is 5.13 Å². The maximum atomic E-state index is 13.1. The normalized spacial score (nSPS) is 17.4. The van der Waals surface area contributed by atoms with Gasteiger partial charge < -0.3 is 5.32 Å². The molecule has 6 nitrogen and oxygen atoms in total. The Balaban J connectivity index is 1.35. The van der Waals surface area contributed by atoms with E-state index in [9.17, 15) is 13.2 Å². The number of thiazole rings is 1. The second-order valence-electron chi connectivity index (χ2n) is 7.65. The van der Waals surface area contributed by atoms with Gasteiger partial charge >= 0.3 is 0 Å². The predicted octanol–water partition coefficient (Wildman–Crippen LogP) is 5.21. The summed E-state index contributed by atoms with van der Waals surface area (Å²) in [5.74, 6) is -0.329. The van der Waals surface area contributed by atoms with Crippen molar-refractivity contribution in [2.24, 2.45) is 0 Å². The van der Waals surface area contributed by atoms with Gasteiger partial charge in [-0.3, -0.25) is 4.79 Å². The van der Waals surface area contributed by atoms with Crippen molar-refractivity contribution in [2.75, 3.05) is 11.9 Å². The van der Waals surface area contributed by atoms with Crippen molar-refractivity contribution in [1.29, 1.82) is 0 Å². The van der Waals surface area contributed by atoms with Crippen molar-refractivity contribution in [3.8, 4) is 11.3 Å². The molecule has 32 heavy (non-hydrogen) atoms. The molecule has 1 atom stereocenters. The number of rotatable bonds is 5. The Hall–Kier alpha value is -2.59. The predicted molar refractivity (Wildman–Crippen MR) is 130 cm³/mol. The maximum absolute atomic E-state index is 13.1. The van der Waals surface area contributed by atoms with Gasteiger partial charge in [0.1, 0.15) is 10.3 Å². The lowest BCUT2D eigenvalue weighted by atomic mass is 10.0. The van der Waals surface area contributed by atoms with Crippen molar-refractivity contribution < 1.29 is 13.2 Å². The van der Waals surface area contributed by atoms with Gasteiger partial charge in [-0.25, -0.2) is 13.4 Å². The van der Waals surface area contributed by atoms with E-state index < -0.39 is 16.1 Å². The Morgan fingerprint density at radius 1 is 1.03 bits per heavy atom. The molecule has 1 saturated heterocycles. The Morgan fingerprint density at radius 3 is 2.69 bits per heavy atom. The minimum atomic E-state index is -3.69. The number of aromatic nitrogens is 1. The number of sulfonamides is 1. The van der Waals surface area contributed by atoms with Crippen molar-refractivity contribution in [3.05, 3.63) is 65.4 Å². The van der Waals surface area contributed by atoms with Gasteiger partial charge in [0.05, 0.1) is 5.69 Å². The number of benzene rings is 2. The van der Waals surface area contributed by atoms with E-state index in [-0.39, 0.29) is 10.1 Å². The average Bonchev–Trinajstić information content (AvgIpc) is 3.52. The summed E-state index contributed by atoms with van der Waals surface area (Å²) in [5, 5.41) is 9.24. The smallest absolute Gasteiger partial charge is 0.253 e. The number of hydrogen-bond acceptors (Lipinski definition) is 6. The van der Waals surface area contributed by atoms with E-state index in [0.29, 0.717) is 18.1 Å². The molecule has 0 spiro atoms. The number of anilines is 1. The summed E-state index contributed by atoms with van der Waals surface area (Å²) in [6, 6.07) is 16.8. The Labute approximate surface area is 194 Å². The fourth-order valence-electron chi connectivity index (χ4n) is 3.98. The molecule has 0 radical (unpaired) electrons. The van der Waals surface area contributed by atoms with Gasteiger partial charge in [-0.05, 0) is 41.1 Å². The van der Waals surface area contributed by atoms with Crippen LogP contribution in [0.5, 0.6) is 0 Å². The SMILES string of the molecule is O=C(Nc1nc(-c2ccc3ccccc3c2)cs1)C1CCCCN1S(=O)(=O)c1cccs1. The molecule has 0 saturated carbocycles. The number of thiophene rings is 1. The molecule has 5 rings (SSSR count). The summed E-state index contributed by atoms with van der Waals surface area (Å²) in [7, 11) is -3.69. The van der Waals surface area contributed by atoms with Crippen LogP contribution in [0, 0.1) is 0 Å². The number of nitrogens with zero attached hydrogens (tertiary/aromatic N) is 2. The number of nitrogens with one attached hydrogen (secondary N) is 1. The first-order valence-corrected chi connectivity index (χ1v) is 13.5. The molecule has 0 aliphatic carbocycles. The maximum Gasteiger partial charge on any atom is 0.253 e. The minimum absolute atomic E-state index is 0.269. The van der Waals surface area contributed by atoms with Crippen LogP contribution in [0.2, 0.25) is 0 Å². The van der Waals surface area contributed by atoms with Crippen molar-refractivity contribution in [1.82, 2.24) is 9.29 Å². The molecule has 9 heteroatoms. The quantitative estimate of drug-likeness (QED) is 0.423. The molecule has 1 N–H and O–H groups in total. The number of hydrogen-bond donors (Lipinski definition) is 1. The number of carbonyl (C=O) groups is 1.